The maximum absolute atomic E-state index is 8.85. The van der Waals surface area contributed by atoms with Crippen LogP contribution in [0.4, 0.5) is 0 Å². The van der Waals surface area contributed by atoms with E-state index in [4.69, 9.17) is 10.2 Å². The van der Waals surface area contributed by atoms with Gasteiger partial charge in [0.1, 0.15) is 0 Å². The quantitative estimate of drug-likeness (QED) is 0.445. The van der Waals surface area contributed by atoms with Gasteiger partial charge >= 0.3 is 0 Å². The second-order valence-electron chi connectivity index (χ2n) is 4.30. The smallest absolute Gasteiger partial charge is 0.154 e. The fraction of sp³-hybridized carbons (Fsp3) is 1.00. The van der Waals surface area contributed by atoms with Crippen LogP contribution >= 0.6 is 0 Å². The summed E-state index contributed by atoms with van der Waals surface area (Å²) < 4.78 is 0. The Labute approximate surface area is 88.3 Å². The molecule has 14 heavy (non-hydrogen) atoms. The first-order chi connectivity index (χ1) is 6.68. The predicted octanol–water partition coefficient (Wildman–Crippen LogP) is 3.07. The van der Waals surface area contributed by atoms with E-state index in [2.05, 4.69) is 6.92 Å². The molecule has 0 aliphatic rings. The monoisotopic (exact) mass is 202 g/mol. The molecule has 86 valence electrons. The minimum atomic E-state index is -1.13. The SMILES string of the molecule is CCCCCCCCCC(C)C(O)O. The van der Waals surface area contributed by atoms with Crippen molar-refractivity contribution in [1.82, 2.24) is 0 Å². The fourth-order valence-corrected chi connectivity index (χ4v) is 1.57. The van der Waals surface area contributed by atoms with Crippen LogP contribution in [0.25, 0.3) is 0 Å². The molecule has 0 radical (unpaired) electrons. The van der Waals surface area contributed by atoms with Gasteiger partial charge in [-0.05, 0) is 6.42 Å². The Morgan fingerprint density at radius 3 is 1.86 bits per heavy atom. The first-order valence-electron chi connectivity index (χ1n) is 6.04. The second kappa shape index (κ2) is 9.47. The molecule has 0 aromatic carbocycles. The fourth-order valence-electron chi connectivity index (χ4n) is 1.57. The molecule has 0 spiro atoms. The van der Waals surface area contributed by atoms with Crippen molar-refractivity contribution in [3.63, 3.8) is 0 Å². The highest BCUT2D eigenvalue weighted by molar-refractivity contribution is 4.54. The molecule has 1 atom stereocenters. The summed E-state index contributed by atoms with van der Waals surface area (Å²) in [6.45, 7) is 4.12. The van der Waals surface area contributed by atoms with Crippen LogP contribution in [0.1, 0.15) is 65.2 Å². The summed E-state index contributed by atoms with van der Waals surface area (Å²) in [7, 11) is 0. The minimum absolute atomic E-state index is 0.0330. The van der Waals surface area contributed by atoms with Crippen LogP contribution in [0, 0.1) is 5.92 Å². The molecule has 1 unspecified atom stereocenters. The first-order valence-corrected chi connectivity index (χ1v) is 6.04. The van der Waals surface area contributed by atoms with Crippen molar-refractivity contribution >= 4 is 0 Å². The van der Waals surface area contributed by atoms with Gasteiger partial charge in [-0.3, -0.25) is 0 Å². The lowest BCUT2D eigenvalue weighted by molar-refractivity contribution is -0.0808. The number of hydrogen-bond acceptors (Lipinski definition) is 2. The van der Waals surface area contributed by atoms with Gasteiger partial charge in [-0.2, -0.15) is 0 Å². The number of aliphatic hydroxyl groups is 2. The summed E-state index contributed by atoms with van der Waals surface area (Å²) in [5, 5.41) is 17.7. The maximum atomic E-state index is 8.85. The van der Waals surface area contributed by atoms with Crippen LogP contribution in [0.15, 0.2) is 0 Å². The van der Waals surface area contributed by atoms with Crippen LogP contribution < -0.4 is 0 Å². The second-order valence-corrected chi connectivity index (χ2v) is 4.30. The third-order valence-electron chi connectivity index (χ3n) is 2.77. The van der Waals surface area contributed by atoms with Crippen molar-refractivity contribution in [2.24, 2.45) is 5.92 Å². The molecule has 2 heteroatoms. The van der Waals surface area contributed by atoms with Gasteiger partial charge in [0.15, 0.2) is 6.29 Å². The molecule has 0 aliphatic carbocycles. The molecular formula is C12H26O2. The third-order valence-corrected chi connectivity index (χ3v) is 2.77. The van der Waals surface area contributed by atoms with Crippen molar-refractivity contribution in [1.29, 1.82) is 0 Å². The molecule has 0 rings (SSSR count). The summed E-state index contributed by atoms with van der Waals surface area (Å²) in [6.07, 6.45) is 8.82. The number of hydrogen-bond donors (Lipinski definition) is 2. The van der Waals surface area contributed by atoms with Crippen molar-refractivity contribution in [2.45, 2.75) is 71.5 Å². The molecule has 2 N–H and O–H groups in total. The Morgan fingerprint density at radius 1 is 0.857 bits per heavy atom. The van der Waals surface area contributed by atoms with Crippen molar-refractivity contribution in [3.8, 4) is 0 Å². The molecule has 0 aliphatic heterocycles. The van der Waals surface area contributed by atoms with Crippen LogP contribution in [-0.4, -0.2) is 16.5 Å². The largest absolute Gasteiger partial charge is 0.368 e. The van der Waals surface area contributed by atoms with Crippen LogP contribution in [0.3, 0.4) is 0 Å². The normalized spacial score (nSPS) is 13.5. The van der Waals surface area contributed by atoms with E-state index in [0.717, 1.165) is 12.8 Å². The summed E-state index contributed by atoms with van der Waals surface area (Å²) in [5.41, 5.74) is 0. The van der Waals surface area contributed by atoms with Gasteiger partial charge in [-0.1, -0.05) is 58.8 Å². The highest BCUT2D eigenvalue weighted by Gasteiger charge is 2.08. The van der Waals surface area contributed by atoms with E-state index >= 15 is 0 Å². The maximum Gasteiger partial charge on any atom is 0.154 e. The van der Waals surface area contributed by atoms with E-state index in [1.165, 1.54) is 38.5 Å². The van der Waals surface area contributed by atoms with Crippen molar-refractivity contribution in [2.75, 3.05) is 0 Å². The Balaban J connectivity index is 3.06. The lowest BCUT2D eigenvalue weighted by atomic mass is 10.0. The zero-order valence-corrected chi connectivity index (χ0v) is 9.71. The van der Waals surface area contributed by atoms with Crippen LogP contribution in [0.2, 0.25) is 0 Å². The molecule has 0 aromatic heterocycles. The van der Waals surface area contributed by atoms with E-state index in [9.17, 15) is 0 Å². The summed E-state index contributed by atoms with van der Waals surface area (Å²) in [4.78, 5) is 0. The molecule has 0 fully saturated rings. The van der Waals surface area contributed by atoms with Crippen molar-refractivity contribution in [3.05, 3.63) is 0 Å². The van der Waals surface area contributed by atoms with Crippen molar-refractivity contribution < 1.29 is 10.2 Å². The average molecular weight is 202 g/mol. The lowest BCUT2D eigenvalue weighted by Gasteiger charge is -2.12. The molecule has 0 heterocycles. The lowest BCUT2D eigenvalue weighted by Crippen LogP contribution is -2.15. The standard InChI is InChI=1S/C12H26O2/c1-3-4-5-6-7-8-9-10-11(2)12(13)14/h11-14H,3-10H2,1-2H3. The van der Waals surface area contributed by atoms with Gasteiger partial charge in [-0.15, -0.1) is 0 Å². The van der Waals surface area contributed by atoms with Gasteiger partial charge < -0.3 is 10.2 Å². The van der Waals surface area contributed by atoms with Crippen LogP contribution in [0.5, 0.6) is 0 Å². The molecule has 2 nitrogen and oxygen atoms in total. The highest BCUT2D eigenvalue weighted by atomic mass is 16.5. The van der Waals surface area contributed by atoms with E-state index in [1.54, 1.807) is 0 Å². The van der Waals surface area contributed by atoms with E-state index in [1.807, 2.05) is 6.92 Å². The molecular weight excluding hydrogens is 176 g/mol. The number of unbranched alkanes of at least 4 members (excludes halogenated alkanes) is 6. The Morgan fingerprint density at radius 2 is 1.36 bits per heavy atom. The number of rotatable bonds is 9. The summed E-state index contributed by atoms with van der Waals surface area (Å²) in [6, 6.07) is 0. The van der Waals surface area contributed by atoms with Crippen LogP contribution in [-0.2, 0) is 0 Å². The number of aliphatic hydroxyl groups excluding tert-OH is 1. The molecule has 0 saturated heterocycles. The molecule has 0 bridgehead atoms. The zero-order chi connectivity index (χ0) is 10.8. The van der Waals surface area contributed by atoms with E-state index < -0.39 is 6.29 Å². The topological polar surface area (TPSA) is 40.5 Å². The van der Waals surface area contributed by atoms with Gasteiger partial charge in [0.05, 0.1) is 0 Å². The Kier molecular flexibility index (Phi) is 9.42. The molecule has 0 amide bonds. The van der Waals surface area contributed by atoms with Gasteiger partial charge in [0.2, 0.25) is 0 Å². The van der Waals surface area contributed by atoms with E-state index in [-0.39, 0.29) is 5.92 Å². The average Bonchev–Trinajstić information content (AvgIpc) is 2.16. The van der Waals surface area contributed by atoms with E-state index in [0.29, 0.717) is 0 Å². The highest BCUT2D eigenvalue weighted by Crippen LogP contribution is 2.14. The van der Waals surface area contributed by atoms with Gasteiger partial charge in [0.25, 0.3) is 0 Å². The van der Waals surface area contributed by atoms with Gasteiger partial charge in [-0.25, -0.2) is 0 Å². The third kappa shape index (κ3) is 8.52. The Bertz CT molecular complexity index is 113. The summed E-state index contributed by atoms with van der Waals surface area (Å²) in [5.74, 6) is 0.0330. The van der Waals surface area contributed by atoms with Gasteiger partial charge in [0, 0.05) is 5.92 Å². The Hall–Kier alpha value is -0.0800. The molecule has 0 aromatic rings. The first kappa shape index (κ1) is 13.9. The minimum Gasteiger partial charge on any atom is -0.368 e. The molecule has 0 saturated carbocycles. The summed E-state index contributed by atoms with van der Waals surface area (Å²) >= 11 is 0. The zero-order valence-electron chi connectivity index (χ0n) is 9.71. The predicted molar refractivity (Wildman–Crippen MR) is 60.0 cm³/mol.